The molecule has 0 aliphatic heterocycles. The van der Waals surface area contributed by atoms with Crippen LogP contribution in [0, 0.1) is 0 Å². The Bertz CT molecular complexity index is 767. The quantitative estimate of drug-likeness (QED) is 0.537. The third-order valence-electron chi connectivity index (χ3n) is 2.58. The van der Waals surface area contributed by atoms with Crippen LogP contribution in [-0.2, 0) is 0 Å². The van der Waals surface area contributed by atoms with Gasteiger partial charge in [-0.3, -0.25) is 0 Å². The van der Waals surface area contributed by atoms with Gasteiger partial charge in [0.25, 0.3) is 11.7 Å². The normalized spacial score (nSPS) is 10.8. The zero-order valence-electron chi connectivity index (χ0n) is 9.59. The van der Waals surface area contributed by atoms with Crippen molar-refractivity contribution in [3.8, 4) is 11.1 Å². The molecule has 0 saturated carbocycles. The molecule has 0 N–H and O–H groups in total. The van der Waals surface area contributed by atoms with Crippen LogP contribution in [0.15, 0.2) is 35.3 Å². The number of aromatic nitrogens is 4. The van der Waals surface area contributed by atoms with E-state index in [1.54, 1.807) is 0 Å². The second-order valence-electron chi connectivity index (χ2n) is 3.72. The molecule has 2 aromatic heterocycles. The van der Waals surface area contributed by atoms with E-state index in [4.69, 9.17) is 23.2 Å². The smallest absolute Gasteiger partial charge is 0.226 e. The topological polar surface area (TPSA) is 55.4 Å². The molecule has 3 rings (SSSR count). The Hall–Kier alpha value is -1.98. The zero-order chi connectivity index (χ0) is 13.4. The average molecular weight is 292 g/mol. The van der Waals surface area contributed by atoms with Crippen LogP contribution in [0.2, 0.25) is 10.3 Å². The van der Waals surface area contributed by atoms with Crippen LogP contribution < -0.4 is 0 Å². The van der Waals surface area contributed by atoms with Gasteiger partial charge in [-0.2, -0.15) is 14.5 Å². The first-order valence-corrected chi connectivity index (χ1v) is 6.10. The maximum atomic E-state index is 6.33. The highest BCUT2D eigenvalue weighted by molar-refractivity contribution is 6.38. The summed E-state index contributed by atoms with van der Waals surface area (Å²) in [7, 11) is 0. The number of hydrogen-bond donors (Lipinski definition) is 0. The predicted molar refractivity (Wildman–Crippen MR) is 75.4 cm³/mol. The van der Waals surface area contributed by atoms with Crippen LogP contribution in [0.5, 0.6) is 0 Å². The van der Waals surface area contributed by atoms with Crippen molar-refractivity contribution in [2.75, 3.05) is 0 Å². The van der Waals surface area contributed by atoms with E-state index >= 15 is 0 Å². The molecular weight excluding hydrogens is 285 g/mol. The zero-order valence-corrected chi connectivity index (χ0v) is 11.1. The Morgan fingerprint density at radius 1 is 1.11 bits per heavy atom. The minimum Gasteiger partial charge on any atom is -0.226 e. The van der Waals surface area contributed by atoms with Gasteiger partial charge >= 0.3 is 0 Å². The van der Waals surface area contributed by atoms with E-state index in [0.29, 0.717) is 10.7 Å². The van der Waals surface area contributed by atoms with Crippen molar-refractivity contribution in [2.24, 2.45) is 4.99 Å². The first-order chi connectivity index (χ1) is 9.20. The number of nitrogens with zero attached hydrogens (tertiary/aromatic N) is 5. The highest BCUT2D eigenvalue weighted by Gasteiger charge is 2.16. The van der Waals surface area contributed by atoms with Gasteiger partial charge < -0.3 is 0 Å². The molecule has 3 aromatic rings. The van der Waals surface area contributed by atoms with Gasteiger partial charge in [0.1, 0.15) is 10.3 Å². The third-order valence-corrected chi connectivity index (χ3v) is 3.20. The Kier molecular flexibility index (Phi) is 2.93. The largest absolute Gasteiger partial charge is 0.270 e. The molecule has 1 aromatic carbocycles. The number of aliphatic imine (C=N–C) groups is 1. The molecule has 0 atom stereocenters. The van der Waals surface area contributed by atoms with Crippen molar-refractivity contribution in [1.29, 1.82) is 0 Å². The van der Waals surface area contributed by atoms with Gasteiger partial charge in [-0.15, -0.1) is 5.10 Å². The fourth-order valence-corrected chi connectivity index (χ4v) is 2.38. The SMILES string of the molecule is C=Nc1nc2nc(Cl)c(-c3ccccc3)c(Cl)n2n1. The monoisotopic (exact) mass is 291 g/mol. The lowest BCUT2D eigenvalue weighted by Crippen LogP contribution is -1.97. The summed E-state index contributed by atoms with van der Waals surface area (Å²) >= 11 is 12.5. The van der Waals surface area contributed by atoms with Gasteiger partial charge in [0.05, 0.1) is 5.56 Å². The van der Waals surface area contributed by atoms with Crippen LogP contribution in [0.25, 0.3) is 16.9 Å². The highest BCUT2D eigenvalue weighted by Crippen LogP contribution is 2.33. The molecule has 0 unspecified atom stereocenters. The fourth-order valence-electron chi connectivity index (χ4n) is 1.74. The van der Waals surface area contributed by atoms with Crippen molar-refractivity contribution in [2.45, 2.75) is 0 Å². The molecule has 0 saturated heterocycles. The van der Waals surface area contributed by atoms with Crippen LogP contribution in [0.1, 0.15) is 0 Å². The summed E-state index contributed by atoms with van der Waals surface area (Å²) in [6, 6.07) is 9.48. The van der Waals surface area contributed by atoms with Crippen molar-refractivity contribution in [1.82, 2.24) is 19.6 Å². The molecule has 94 valence electrons. The summed E-state index contributed by atoms with van der Waals surface area (Å²) in [6.07, 6.45) is 0. The number of hydrogen-bond acceptors (Lipinski definition) is 4. The second-order valence-corrected chi connectivity index (χ2v) is 4.43. The predicted octanol–water partition coefficient (Wildman–Crippen LogP) is 3.43. The maximum absolute atomic E-state index is 6.33. The lowest BCUT2D eigenvalue weighted by molar-refractivity contribution is 0.941. The van der Waals surface area contributed by atoms with E-state index in [1.165, 1.54) is 4.52 Å². The van der Waals surface area contributed by atoms with Crippen molar-refractivity contribution in [3.05, 3.63) is 40.6 Å². The van der Waals surface area contributed by atoms with Crippen LogP contribution >= 0.6 is 23.2 Å². The van der Waals surface area contributed by atoms with Gasteiger partial charge in [-0.05, 0) is 12.3 Å². The molecule has 0 radical (unpaired) electrons. The van der Waals surface area contributed by atoms with Crippen LogP contribution in [0.3, 0.4) is 0 Å². The summed E-state index contributed by atoms with van der Waals surface area (Å²) in [5.41, 5.74) is 1.47. The van der Waals surface area contributed by atoms with E-state index in [-0.39, 0.29) is 16.9 Å². The van der Waals surface area contributed by atoms with E-state index in [9.17, 15) is 0 Å². The highest BCUT2D eigenvalue weighted by atomic mass is 35.5. The molecule has 7 heteroatoms. The summed E-state index contributed by atoms with van der Waals surface area (Å²) in [5, 5.41) is 4.69. The van der Waals surface area contributed by atoms with E-state index in [0.717, 1.165) is 5.56 Å². The van der Waals surface area contributed by atoms with Crippen LogP contribution in [-0.4, -0.2) is 26.3 Å². The van der Waals surface area contributed by atoms with Crippen molar-refractivity contribution < 1.29 is 0 Å². The average Bonchev–Trinajstić information content (AvgIpc) is 2.83. The maximum Gasteiger partial charge on any atom is 0.270 e. The Morgan fingerprint density at radius 3 is 2.53 bits per heavy atom. The molecule has 0 aliphatic rings. The van der Waals surface area contributed by atoms with Gasteiger partial charge in [-0.25, -0.2) is 4.99 Å². The molecule has 0 amide bonds. The van der Waals surface area contributed by atoms with Gasteiger partial charge in [0.15, 0.2) is 0 Å². The fraction of sp³-hybridized carbons (Fsp3) is 0. The van der Waals surface area contributed by atoms with Gasteiger partial charge in [0, 0.05) is 0 Å². The Labute approximate surface area is 118 Å². The minimum atomic E-state index is 0.204. The third kappa shape index (κ3) is 1.97. The van der Waals surface area contributed by atoms with Crippen molar-refractivity contribution >= 4 is 41.6 Å². The van der Waals surface area contributed by atoms with Crippen molar-refractivity contribution in [3.63, 3.8) is 0 Å². The Morgan fingerprint density at radius 2 is 1.84 bits per heavy atom. The second kappa shape index (κ2) is 4.60. The number of halogens is 2. The molecule has 0 bridgehead atoms. The molecular formula is C12H7Cl2N5. The molecule has 2 heterocycles. The van der Waals surface area contributed by atoms with Gasteiger partial charge in [0.2, 0.25) is 0 Å². The first kappa shape index (κ1) is 12.1. The molecule has 0 spiro atoms. The number of rotatable bonds is 2. The molecule has 5 nitrogen and oxygen atoms in total. The summed E-state index contributed by atoms with van der Waals surface area (Å²) in [4.78, 5) is 11.8. The molecule has 0 fully saturated rings. The summed E-state index contributed by atoms with van der Waals surface area (Å²) in [5.74, 6) is 0.493. The number of benzene rings is 1. The standard InChI is InChI=1S/C12H7Cl2N5/c1-15-11-17-12-16-9(13)8(10(14)19(12)18-11)7-5-3-2-4-6-7/h2-6H,1H2. The molecule has 0 aliphatic carbocycles. The first-order valence-electron chi connectivity index (χ1n) is 5.34. The van der Waals surface area contributed by atoms with E-state index in [1.807, 2.05) is 30.3 Å². The van der Waals surface area contributed by atoms with Gasteiger partial charge in [-0.1, -0.05) is 53.5 Å². The summed E-state index contributed by atoms with van der Waals surface area (Å²) < 4.78 is 1.39. The Balaban J connectivity index is 2.34. The minimum absolute atomic E-state index is 0.204. The lowest BCUT2D eigenvalue weighted by Gasteiger charge is -2.07. The van der Waals surface area contributed by atoms with E-state index < -0.39 is 0 Å². The van der Waals surface area contributed by atoms with Crippen LogP contribution in [0.4, 0.5) is 5.95 Å². The number of fused-ring (bicyclic) bond motifs is 1. The lowest BCUT2D eigenvalue weighted by atomic mass is 10.1. The summed E-state index contributed by atoms with van der Waals surface area (Å²) in [6.45, 7) is 3.37. The van der Waals surface area contributed by atoms with E-state index in [2.05, 4.69) is 26.8 Å². The molecule has 19 heavy (non-hydrogen) atoms.